The lowest BCUT2D eigenvalue weighted by atomic mass is 10.1. The van der Waals surface area contributed by atoms with Gasteiger partial charge in [-0.05, 0) is 62.2 Å². The van der Waals surface area contributed by atoms with Crippen molar-refractivity contribution in [1.82, 2.24) is 10.2 Å². The summed E-state index contributed by atoms with van der Waals surface area (Å²) in [6.07, 6.45) is 0.323. The van der Waals surface area contributed by atoms with Gasteiger partial charge in [-0.1, -0.05) is 72.1 Å². The van der Waals surface area contributed by atoms with E-state index >= 15 is 0 Å². The van der Waals surface area contributed by atoms with Crippen LogP contribution in [0.15, 0.2) is 77.7 Å². The Morgan fingerprint density at radius 1 is 0.947 bits per heavy atom. The summed E-state index contributed by atoms with van der Waals surface area (Å²) < 4.78 is 28.7. The molecule has 0 bridgehead atoms. The molecular formula is C28H31Cl2N3O4S. The van der Waals surface area contributed by atoms with Gasteiger partial charge >= 0.3 is 0 Å². The van der Waals surface area contributed by atoms with Crippen molar-refractivity contribution < 1.29 is 18.0 Å². The summed E-state index contributed by atoms with van der Waals surface area (Å²) in [6.45, 7) is 5.32. The maximum Gasteiger partial charge on any atom is 0.264 e. The Bertz CT molecular complexity index is 1380. The van der Waals surface area contributed by atoms with Crippen LogP contribution < -0.4 is 9.62 Å². The summed E-state index contributed by atoms with van der Waals surface area (Å²) in [5.74, 6) is -0.884. The third-order valence-corrected chi connectivity index (χ3v) is 8.41. The quantitative estimate of drug-likeness (QED) is 0.330. The third-order valence-electron chi connectivity index (χ3n) is 6.02. The molecular weight excluding hydrogens is 545 g/mol. The highest BCUT2D eigenvalue weighted by atomic mass is 35.5. The molecule has 3 aromatic rings. The molecule has 0 aromatic heterocycles. The molecule has 0 aliphatic heterocycles. The number of anilines is 1. The standard InChI is InChI=1S/C28H31Cl2N3O4S/c1-4-26(28(35)31-5-2)32(18-21-9-6-7-12-25(21)30)27(34)19-33(23-11-8-10-22(29)17-23)38(36,37)24-15-13-20(3)14-16-24/h6-17,26H,4-5,18-19H2,1-3H3,(H,31,35). The van der Waals surface area contributed by atoms with E-state index in [-0.39, 0.29) is 23.0 Å². The van der Waals surface area contributed by atoms with Crippen molar-refractivity contribution in [3.63, 3.8) is 0 Å². The van der Waals surface area contributed by atoms with Gasteiger partial charge in [0.25, 0.3) is 10.0 Å². The summed E-state index contributed by atoms with van der Waals surface area (Å²) in [6, 6.07) is 18.9. The average molecular weight is 577 g/mol. The van der Waals surface area contributed by atoms with Crippen LogP contribution in [0.1, 0.15) is 31.4 Å². The SMILES string of the molecule is CCNC(=O)C(CC)N(Cc1ccccc1Cl)C(=O)CN(c1cccc(Cl)c1)S(=O)(=O)c1ccc(C)cc1. The molecule has 3 rings (SSSR count). The van der Waals surface area contributed by atoms with E-state index in [1.54, 1.807) is 68.4 Å². The van der Waals surface area contributed by atoms with E-state index in [2.05, 4.69) is 5.32 Å². The maximum absolute atomic E-state index is 13.9. The number of carbonyl (C=O) groups excluding carboxylic acids is 2. The predicted molar refractivity (Wildman–Crippen MR) is 152 cm³/mol. The van der Waals surface area contributed by atoms with E-state index < -0.39 is 28.5 Å². The van der Waals surface area contributed by atoms with E-state index in [9.17, 15) is 18.0 Å². The first kappa shape index (κ1) is 29.5. The van der Waals surface area contributed by atoms with Gasteiger partial charge in [0, 0.05) is 23.1 Å². The van der Waals surface area contributed by atoms with E-state index in [4.69, 9.17) is 23.2 Å². The minimum atomic E-state index is -4.16. The Balaban J connectivity index is 2.07. The van der Waals surface area contributed by atoms with Crippen molar-refractivity contribution in [2.45, 2.75) is 44.7 Å². The first-order chi connectivity index (χ1) is 18.1. The molecule has 1 N–H and O–H groups in total. The Hall–Kier alpha value is -3.07. The molecule has 0 fully saturated rings. The van der Waals surface area contributed by atoms with Gasteiger partial charge in [-0.2, -0.15) is 0 Å². The number of sulfonamides is 1. The third kappa shape index (κ3) is 7.07. The lowest BCUT2D eigenvalue weighted by Gasteiger charge is -2.33. The van der Waals surface area contributed by atoms with E-state index in [1.165, 1.54) is 23.1 Å². The Morgan fingerprint density at radius 3 is 2.24 bits per heavy atom. The van der Waals surface area contributed by atoms with Crippen molar-refractivity contribution >= 4 is 50.7 Å². The van der Waals surface area contributed by atoms with E-state index in [1.807, 2.05) is 6.92 Å². The van der Waals surface area contributed by atoms with Gasteiger partial charge in [0.15, 0.2) is 0 Å². The molecule has 38 heavy (non-hydrogen) atoms. The first-order valence-corrected chi connectivity index (χ1v) is 14.4. The van der Waals surface area contributed by atoms with E-state index in [0.717, 1.165) is 9.87 Å². The van der Waals surface area contributed by atoms with Gasteiger partial charge in [0.2, 0.25) is 11.8 Å². The molecule has 0 aliphatic carbocycles. The van der Waals surface area contributed by atoms with Crippen LogP contribution in [0.2, 0.25) is 10.0 Å². The van der Waals surface area contributed by atoms with Crippen molar-refractivity contribution in [3.8, 4) is 0 Å². The highest BCUT2D eigenvalue weighted by Gasteiger charge is 2.33. The van der Waals surface area contributed by atoms with Gasteiger partial charge in [-0.25, -0.2) is 8.42 Å². The molecule has 10 heteroatoms. The highest BCUT2D eigenvalue weighted by molar-refractivity contribution is 7.92. The van der Waals surface area contributed by atoms with Crippen molar-refractivity contribution in [3.05, 3.63) is 94.0 Å². The molecule has 0 saturated heterocycles. The molecule has 1 atom stereocenters. The molecule has 0 aliphatic rings. The second kappa shape index (κ2) is 13.1. The minimum Gasteiger partial charge on any atom is -0.355 e. The molecule has 3 aromatic carbocycles. The molecule has 202 valence electrons. The zero-order valence-electron chi connectivity index (χ0n) is 21.5. The Labute approximate surface area is 234 Å². The van der Waals surface area contributed by atoms with E-state index in [0.29, 0.717) is 28.6 Å². The summed E-state index contributed by atoms with van der Waals surface area (Å²) in [5, 5.41) is 3.53. The lowest BCUT2D eigenvalue weighted by Crippen LogP contribution is -2.52. The number of likely N-dealkylation sites (N-methyl/N-ethyl adjacent to an activating group) is 1. The molecule has 0 radical (unpaired) electrons. The van der Waals surface area contributed by atoms with Gasteiger partial charge in [0.1, 0.15) is 12.6 Å². The van der Waals surface area contributed by atoms with Crippen LogP contribution in [0.5, 0.6) is 0 Å². The van der Waals surface area contributed by atoms with Crippen molar-refractivity contribution in [1.29, 1.82) is 0 Å². The number of hydrogen-bond donors (Lipinski definition) is 1. The normalized spacial score (nSPS) is 12.0. The molecule has 2 amide bonds. The van der Waals surface area contributed by atoms with Crippen LogP contribution >= 0.6 is 23.2 Å². The van der Waals surface area contributed by atoms with Crippen molar-refractivity contribution in [2.75, 3.05) is 17.4 Å². The fraction of sp³-hybridized carbons (Fsp3) is 0.286. The molecule has 7 nitrogen and oxygen atoms in total. The van der Waals surface area contributed by atoms with Crippen LogP contribution in [-0.2, 0) is 26.2 Å². The number of nitrogens with zero attached hydrogens (tertiary/aromatic N) is 2. The number of benzene rings is 3. The smallest absolute Gasteiger partial charge is 0.264 e. The zero-order valence-corrected chi connectivity index (χ0v) is 23.9. The zero-order chi connectivity index (χ0) is 27.9. The van der Waals surface area contributed by atoms with Crippen LogP contribution in [0.4, 0.5) is 5.69 Å². The monoisotopic (exact) mass is 575 g/mol. The summed E-state index contributed by atoms with van der Waals surface area (Å²) >= 11 is 12.6. The number of amides is 2. The number of nitrogens with one attached hydrogen (secondary N) is 1. The topological polar surface area (TPSA) is 86.8 Å². The minimum absolute atomic E-state index is 0.0299. The van der Waals surface area contributed by atoms with Crippen LogP contribution in [0.3, 0.4) is 0 Å². The fourth-order valence-corrected chi connectivity index (χ4v) is 5.81. The number of halogens is 2. The Kier molecular flexibility index (Phi) is 10.2. The fourth-order valence-electron chi connectivity index (χ4n) is 4.02. The second-order valence-corrected chi connectivity index (χ2v) is 11.4. The highest BCUT2D eigenvalue weighted by Crippen LogP contribution is 2.27. The lowest BCUT2D eigenvalue weighted by molar-refractivity contribution is -0.140. The summed E-state index contributed by atoms with van der Waals surface area (Å²) in [4.78, 5) is 28.3. The number of carbonyl (C=O) groups is 2. The average Bonchev–Trinajstić information content (AvgIpc) is 2.88. The maximum atomic E-state index is 13.9. The Morgan fingerprint density at radius 2 is 1.63 bits per heavy atom. The number of aryl methyl sites for hydroxylation is 1. The largest absolute Gasteiger partial charge is 0.355 e. The first-order valence-electron chi connectivity index (χ1n) is 12.2. The number of hydrogen-bond acceptors (Lipinski definition) is 4. The van der Waals surface area contributed by atoms with Crippen LogP contribution in [-0.4, -0.2) is 44.3 Å². The van der Waals surface area contributed by atoms with Crippen LogP contribution in [0, 0.1) is 6.92 Å². The van der Waals surface area contributed by atoms with Gasteiger partial charge in [-0.15, -0.1) is 0 Å². The van der Waals surface area contributed by atoms with Crippen molar-refractivity contribution in [2.24, 2.45) is 0 Å². The van der Waals surface area contributed by atoms with Gasteiger partial charge in [0.05, 0.1) is 10.6 Å². The molecule has 1 unspecified atom stereocenters. The molecule has 0 saturated carbocycles. The summed E-state index contributed by atoms with van der Waals surface area (Å²) in [7, 11) is -4.16. The van der Waals surface area contributed by atoms with Gasteiger partial charge < -0.3 is 10.2 Å². The summed E-state index contributed by atoms with van der Waals surface area (Å²) in [5.41, 5.74) is 1.77. The van der Waals surface area contributed by atoms with Crippen LogP contribution in [0.25, 0.3) is 0 Å². The molecule has 0 spiro atoms. The second-order valence-electron chi connectivity index (χ2n) is 8.74. The molecule has 0 heterocycles. The number of rotatable bonds is 11. The predicted octanol–water partition coefficient (Wildman–Crippen LogP) is 5.44. The van der Waals surface area contributed by atoms with Gasteiger partial charge in [-0.3, -0.25) is 13.9 Å².